The van der Waals surface area contributed by atoms with Gasteiger partial charge in [0.1, 0.15) is 5.69 Å². The van der Waals surface area contributed by atoms with Gasteiger partial charge in [0.2, 0.25) is 0 Å². The summed E-state index contributed by atoms with van der Waals surface area (Å²) in [4.78, 5) is 17.6. The first kappa shape index (κ1) is 14.5. The molecule has 6 heteroatoms. The number of rotatable bonds is 3. The first-order valence-corrected chi connectivity index (χ1v) is 8.25. The van der Waals surface area contributed by atoms with Gasteiger partial charge in [0.05, 0.1) is 17.1 Å². The van der Waals surface area contributed by atoms with E-state index in [0.29, 0.717) is 22.8 Å². The fourth-order valence-electron chi connectivity index (χ4n) is 1.95. The lowest BCUT2D eigenvalue weighted by Crippen LogP contribution is -2.23. The highest BCUT2D eigenvalue weighted by molar-refractivity contribution is 9.10. The van der Waals surface area contributed by atoms with Crippen molar-refractivity contribution in [3.05, 3.63) is 61.8 Å². The Hall–Kier alpha value is -1.43. The lowest BCUT2D eigenvalue weighted by atomic mass is 10.2. The van der Waals surface area contributed by atoms with Gasteiger partial charge in [0, 0.05) is 14.7 Å². The van der Waals surface area contributed by atoms with E-state index in [1.807, 2.05) is 35.7 Å². The molecule has 0 bridgehead atoms. The number of fused-ring (bicyclic) bond motifs is 1. The molecule has 21 heavy (non-hydrogen) atoms. The maximum atomic E-state index is 12.2. The predicted molar refractivity (Wildman–Crippen MR) is 89.9 cm³/mol. The lowest BCUT2D eigenvalue weighted by Gasteiger charge is -2.06. The van der Waals surface area contributed by atoms with E-state index in [0.717, 1.165) is 14.7 Å². The third kappa shape index (κ3) is 3.10. The summed E-state index contributed by atoms with van der Waals surface area (Å²) in [7, 11) is 0. The molecular weight excluding hydrogens is 372 g/mol. The van der Waals surface area contributed by atoms with Gasteiger partial charge >= 0.3 is 0 Å². The second kappa shape index (κ2) is 6.13. The van der Waals surface area contributed by atoms with Crippen LogP contribution < -0.4 is 5.32 Å². The van der Waals surface area contributed by atoms with Crippen LogP contribution in [0.4, 0.5) is 0 Å². The van der Waals surface area contributed by atoms with Crippen LogP contribution in [-0.4, -0.2) is 10.9 Å². The SMILES string of the molecule is O=C(NCc1sccc1Br)c1cc(Cl)c2ccccc2n1. The monoisotopic (exact) mass is 380 g/mol. The largest absolute Gasteiger partial charge is 0.346 e. The minimum Gasteiger partial charge on any atom is -0.346 e. The molecule has 1 N–H and O–H groups in total. The summed E-state index contributed by atoms with van der Waals surface area (Å²) in [6.07, 6.45) is 0. The summed E-state index contributed by atoms with van der Waals surface area (Å²) >= 11 is 11.2. The van der Waals surface area contributed by atoms with E-state index in [1.165, 1.54) is 0 Å². The molecule has 2 heterocycles. The number of para-hydroxylation sites is 1. The number of carbonyl (C=O) groups is 1. The van der Waals surface area contributed by atoms with Crippen LogP contribution in [0, 0.1) is 0 Å². The summed E-state index contributed by atoms with van der Waals surface area (Å²) < 4.78 is 0.998. The average molecular weight is 382 g/mol. The number of thiophene rings is 1. The van der Waals surface area contributed by atoms with Gasteiger partial charge in [-0.25, -0.2) is 4.98 Å². The molecular formula is C15H10BrClN2OS. The number of hydrogen-bond donors (Lipinski definition) is 1. The molecule has 0 aliphatic heterocycles. The molecule has 0 radical (unpaired) electrons. The van der Waals surface area contributed by atoms with E-state index >= 15 is 0 Å². The van der Waals surface area contributed by atoms with Crippen LogP contribution in [0.3, 0.4) is 0 Å². The first-order chi connectivity index (χ1) is 10.1. The lowest BCUT2D eigenvalue weighted by molar-refractivity contribution is 0.0946. The van der Waals surface area contributed by atoms with Gasteiger partial charge in [-0.2, -0.15) is 0 Å². The van der Waals surface area contributed by atoms with Crippen LogP contribution in [0.5, 0.6) is 0 Å². The van der Waals surface area contributed by atoms with Crippen molar-refractivity contribution in [3.63, 3.8) is 0 Å². The third-order valence-corrected chi connectivity index (χ3v) is 5.24. The van der Waals surface area contributed by atoms with Crippen LogP contribution in [0.2, 0.25) is 5.02 Å². The van der Waals surface area contributed by atoms with Crippen LogP contribution >= 0.6 is 38.9 Å². The molecule has 0 spiro atoms. The van der Waals surface area contributed by atoms with Crippen molar-refractivity contribution in [3.8, 4) is 0 Å². The Bertz CT molecular complexity index is 818. The number of amides is 1. The summed E-state index contributed by atoms with van der Waals surface area (Å²) in [5.41, 5.74) is 1.04. The highest BCUT2D eigenvalue weighted by Gasteiger charge is 2.11. The molecule has 0 saturated carbocycles. The Morgan fingerprint density at radius 1 is 1.33 bits per heavy atom. The van der Waals surface area contributed by atoms with Gasteiger partial charge < -0.3 is 5.32 Å². The van der Waals surface area contributed by atoms with Crippen molar-refractivity contribution >= 4 is 55.7 Å². The van der Waals surface area contributed by atoms with Gasteiger partial charge in [-0.3, -0.25) is 4.79 Å². The Labute approximate surface area is 139 Å². The number of nitrogens with one attached hydrogen (secondary N) is 1. The maximum absolute atomic E-state index is 12.2. The highest BCUT2D eigenvalue weighted by atomic mass is 79.9. The molecule has 0 unspecified atom stereocenters. The summed E-state index contributed by atoms with van der Waals surface area (Å²) in [5.74, 6) is -0.233. The number of carbonyl (C=O) groups excluding carboxylic acids is 1. The first-order valence-electron chi connectivity index (χ1n) is 6.20. The molecule has 2 aromatic heterocycles. The fraction of sp³-hybridized carbons (Fsp3) is 0.0667. The number of halogens is 2. The van der Waals surface area contributed by atoms with Crippen LogP contribution in [0.25, 0.3) is 10.9 Å². The van der Waals surface area contributed by atoms with E-state index < -0.39 is 0 Å². The Kier molecular flexibility index (Phi) is 4.24. The molecule has 106 valence electrons. The molecule has 3 rings (SSSR count). The van der Waals surface area contributed by atoms with Crippen molar-refractivity contribution in [2.24, 2.45) is 0 Å². The van der Waals surface area contributed by atoms with Crippen molar-refractivity contribution in [1.82, 2.24) is 10.3 Å². The van der Waals surface area contributed by atoms with E-state index in [2.05, 4.69) is 26.2 Å². The topological polar surface area (TPSA) is 42.0 Å². The number of pyridine rings is 1. The average Bonchev–Trinajstić information content (AvgIpc) is 2.90. The van der Waals surface area contributed by atoms with Gasteiger partial charge in [0.15, 0.2) is 0 Å². The zero-order valence-corrected chi connectivity index (χ0v) is 13.9. The van der Waals surface area contributed by atoms with Crippen LogP contribution in [0.15, 0.2) is 46.3 Å². The zero-order chi connectivity index (χ0) is 14.8. The number of hydrogen-bond acceptors (Lipinski definition) is 3. The van der Waals surface area contributed by atoms with Gasteiger partial charge in [-0.15, -0.1) is 11.3 Å². The molecule has 1 aromatic carbocycles. The Balaban J connectivity index is 1.83. The van der Waals surface area contributed by atoms with E-state index in [-0.39, 0.29) is 5.91 Å². The molecule has 1 amide bonds. The minimum atomic E-state index is -0.233. The van der Waals surface area contributed by atoms with E-state index in [4.69, 9.17) is 11.6 Å². The highest BCUT2D eigenvalue weighted by Crippen LogP contribution is 2.24. The third-order valence-electron chi connectivity index (χ3n) is 3.00. The molecule has 3 aromatic rings. The summed E-state index contributed by atoms with van der Waals surface area (Å²) in [6.45, 7) is 0.462. The second-order valence-electron chi connectivity index (χ2n) is 4.38. The minimum absolute atomic E-state index is 0.233. The molecule has 0 saturated heterocycles. The van der Waals surface area contributed by atoms with Gasteiger partial charge in [-0.05, 0) is 39.5 Å². The zero-order valence-electron chi connectivity index (χ0n) is 10.8. The molecule has 0 aliphatic carbocycles. The molecule has 3 nitrogen and oxygen atoms in total. The second-order valence-corrected chi connectivity index (χ2v) is 6.64. The normalized spacial score (nSPS) is 10.8. The number of benzene rings is 1. The van der Waals surface area contributed by atoms with Gasteiger partial charge in [0.25, 0.3) is 5.91 Å². The summed E-state index contributed by atoms with van der Waals surface area (Å²) in [5, 5.41) is 6.20. The van der Waals surface area contributed by atoms with Crippen molar-refractivity contribution in [1.29, 1.82) is 0 Å². The van der Waals surface area contributed by atoms with E-state index in [9.17, 15) is 4.79 Å². The molecule has 0 aliphatic rings. The smallest absolute Gasteiger partial charge is 0.270 e. The number of aromatic nitrogens is 1. The standard InChI is InChI=1S/C15H10BrClN2OS/c16-10-5-6-21-14(10)8-18-15(20)13-7-11(17)9-3-1-2-4-12(9)19-13/h1-7H,8H2,(H,18,20). The van der Waals surface area contributed by atoms with Crippen molar-refractivity contribution in [2.45, 2.75) is 6.54 Å². The van der Waals surface area contributed by atoms with Crippen molar-refractivity contribution in [2.75, 3.05) is 0 Å². The van der Waals surface area contributed by atoms with Crippen LogP contribution in [-0.2, 0) is 6.54 Å². The fourth-order valence-corrected chi connectivity index (χ4v) is 3.65. The predicted octanol–water partition coefficient (Wildman–Crippen LogP) is 4.64. The van der Waals surface area contributed by atoms with Gasteiger partial charge in [-0.1, -0.05) is 29.8 Å². The van der Waals surface area contributed by atoms with E-state index in [1.54, 1.807) is 17.4 Å². The van der Waals surface area contributed by atoms with Crippen molar-refractivity contribution < 1.29 is 4.79 Å². The van der Waals surface area contributed by atoms with Crippen LogP contribution in [0.1, 0.15) is 15.4 Å². The maximum Gasteiger partial charge on any atom is 0.270 e. The number of nitrogens with zero attached hydrogens (tertiary/aromatic N) is 1. The Morgan fingerprint density at radius 2 is 2.14 bits per heavy atom. The Morgan fingerprint density at radius 3 is 2.90 bits per heavy atom. The molecule has 0 fully saturated rings. The summed E-state index contributed by atoms with van der Waals surface area (Å²) in [6, 6.07) is 11.0. The quantitative estimate of drug-likeness (QED) is 0.718. The molecule has 0 atom stereocenters.